The zero-order valence-electron chi connectivity index (χ0n) is 11.4. The minimum Gasteiger partial charge on any atom is -0.399 e. The summed E-state index contributed by atoms with van der Waals surface area (Å²) < 4.78 is -0.384. The second kappa shape index (κ2) is 4.50. The molecule has 2 N–H and O–H groups in total. The van der Waals surface area contributed by atoms with Crippen molar-refractivity contribution >= 4 is 29.0 Å². The average Bonchev–Trinajstić information content (AvgIpc) is 2.30. The van der Waals surface area contributed by atoms with E-state index in [1.807, 2.05) is 43.9 Å². The predicted molar refractivity (Wildman–Crippen MR) is 78.0 cm³/mol. The van der Waals surface area contributed by atoms with Gasteiger partial charge in [0.25, 0.3) is 0 Å². The summed E-state index contributed by atoms with van der Waals surface area (Å²) in [4.78, 5) is 15.6. The third-order valence-corrected chi connectivity index (χ3v) is 4.90. The lowest BCUT2D eigenvalue weighted by molar-refractivity contribution is -0.121. The normalized spacial score (nSPS) is 23.4. The number of anilines is 2. The highest BCUT2D eigenvalue weighted by atomic mass is 32.2. The van der Waals surface area contributed by atoms with Crippen molar-refractivity contribution in [2.75, 3.05) is 10.6 Å². The van der Waals surface area contributed by atoms with E-state index in [0.717, 1.165) is 22.7 Å². The van der Waals surface area contributed by atoms with E-state index in [2.05, 4.69) is 6.92 Å². The molecule has 1 aromatic rings. The molecule has 1 atom stereocenters. The largest absolute Gasteiger partial charge is 0.399 e. The standard InChI is InChI=1S/C14H20N2OS/c1-5-14(4)13(17)16(9(2)3)11-7-6-10(15)8-12(11)18-14/h6-9H,5,15H2,1-4H3. The van der Waals surface area contributed by atoms with Crippen molar-refractivity contribution in [3.8, 4) is 0 Å². The van der Waals surface area contributed by atoms with Crippen molar-refractivity contribution in [1.29, 1.82) is 0 Å². The van der Waals surface area contributed by atoms with Crippen molar-refractivity contribution in [3.63, 3.8) is 0 Å². The molecule has 3 nitrogen and oxygen atoms in total. The zero-order valence-corrected chi connectivity index (χ0v) is 12.2. The van der Waals surface area contributed by atoms with Crippen molar-refractivity contribution in [1.82, 2.24) is 0 Å². The fourth-order valence-electron chi connectivity index (χ4n) is 2.20. The molecule has 0 bridgehead atoms. The Morgan fingerprint density at radius 2 is 2.11 bits per heavy atom. The second-order valence-electron chi connectivity index (χ2n) is 5.18. The highest BCUT2D eigenvalue weighted by Gasteiger charge is 2.42. The number of nitrogens with two attached hydrogens (primary N) is 1. The Kier molecular flexibility index (Phi) is 3.32. The smallest absolute Gasteiger partial charge is 0.243 e. The first-order chi connectivity index (χ1) is 8.39. The van der Waals surface area contributed by atoms with Crippen LogP contribution < -0.4 is 10.6 Å². The lowest BCUT2D eigenvalue weighted by atomic mass is 10.0. The van der Waals surface area contributed by atoms with E-state index < -0.39 is 0 Å². The van der Waals surface area contributed by atoms with Crippen molar-refractivity contribution < 1.29 is 4.79 Å². The van der Waals surface area contributed by atoms with Gasteiger partial charge in [-0.2, -0.15) is 0 Å². The average molecular weight is 264 g/mol. The third kappa shape index (κ3) is 1.99. The quantitative estimate of drug-likeness (QED) is 0.834. The third-order valence-electron chi connectivity index (χ3n) is 3.44. The summed E-state index contributed by atoms with van der Waals surface area (Å²) in [6, 6.07) is 5.93. The number of rotatable bonds is 2. The molecule has 0 aliphatic carbocycles. The molecule has 0 fully saturated rings. The Balaban J connectivity index is 2.58. The van der Waals surface area contributed by atoms with Gasteiger partial charge in [-0.15, -0.1) is 11.8 Å². The van der Waals surface area contributed by atoms with Crippen LogP contribution in [0.5, 0.6) is 0 Å². The van der Waals surface area contributed by atoms with Crippen LogP contribution in [0.1, 0.15) is 34.1 Å². The molecule has 1 heterocycles. The number of thioether (sulfide) groups is 1. The molecular weight excluding hydrogens is 244 g/mol. The molecule has 0 saturated carbocycles. The first-order valence-electron chi connectivity index (χ1n) is 6.31. The lowest BCUT2D eigenvalue weighted by Gasteiger charge is -2.41. The Hall–Kier alpha value is -1.16. The Bertz CT molecular complexity index is 487. The van der Waals surface area contributed by atoms with E-state index in [0.29, 0.717) is 0 Å². The number of carbonyl (C=O) groups is 1. The first-order valence-corrected chi connectivity index (χ1v) is 7.13. The summed E-state index contributed by atoms with van der Waals surface area (Å²) in [5.74, 6) is 0.197. The SMILES string of the molecule is CCC1(C)Sc2cc(N)ccc2N(C(C)C)C1=O. The molecule has 98 valence electrons. The van der Waals surface area contributed by atoms with E-state index in [9.17, 15) is 4.79 Å². The molecule has 1 aromatic carbocycles. The molecule has 4 heteroatoms. The fourth-order valence-corrected chi connectivity index (χ4v) is 3.48. The van der Waals surface area contributed by atoms with Crippen LogP contribution in [0.15, 0.2) is 23.1 Å². The van der Waals surface area contributed by atoms with Gasteiger partial charge in [0.2, 0.25) is 5.91 Å². The number of benzene rings is 1. The Morgan fingerprint density at radius 3 is 2.67 bits per heavy atom. The molecule has 0 aromatic heterocycles. The summed E-state index contributed by atoms with van der Waals surface area (Å²) in [7, 11) is 0. The number of fused-ring (bicyclic) bond motifs is 1. The highest BCUT2D eigenvalue weighted by Crippen LogP contribution is 2.48. The van der Waals surface area contributed by atoms with Gasteiger partial charge in [0, 0.05) is 16.6 Å². The lowest BCUT2D eigenvalue weighted by Crippen LogP contribution is -2.50. The number of hydrogen-bond donors (Lipinski definition) is 1. The molecule has 0 spiro atoms. The maximum Gasteiger partial charge on any atom is 0.243 e. The second-order valence-corrected chi connectivity index (χ2v) is 6.73. The molecule has 1 amide bonds. The number of hydrogen-bond acceptors (Lipinski definition) is 3. The Morgan fingerprint density at radius 1 is 1.44 bits per heavy atom. The summed E-state index contributed by atoms with van der Waals surface area (Å²) in [5.41, 5.74) is 7.59. The van der Waals surface area contributed by atoms with E-state index in [1.165, 1.54) is 0 Å². The Labute approximate surface area is 113 Å². The van der Waals surface area contributed by atoms with E-state index >= 15 is 0 Å². The van der Waals surface area contributed by atoms with Gasteiger partial charge in [-0.1, -0.05) is 6.92 Å². The minimum absolute atomic E-state index is 0.159. The van der Waals surface area contributed by atoms with Crippen molar-refractivity contribution in [2.24, 2.45) is 0 Å². The van der Waals surface area contributed by atoms with Crippen LogP contribution in [-0.4, -0.2) is 16.7 Å². The molecule has 0 radical (unpaired) electrons. The van der Waals surface area contributed by atoms with Gasteiger partial charge in [0.1, 0.15) is 0 Å². The van der Waals surface area contributed by atoms with Crippen molar-refractivity contribution in [2.45, 2.75) is 49.8 Å². The monoisotopic (exact) mass is 264 g/mol. The van der Waals surface area contributed by atoms with Gasteiger partial charge in [-0.05, 0) is 45.4 Å². The summed E-state index contributed by atoms with van der Waals surface area (Å²) in [6.45, 7) is 8.16. The van der Waals surface area contributed by atoms with Crippen molar-refractivity contribution in [3.05, 3.63) is 18.2 Å². The van der Waals surface area contributed by atoms with Gasteiger partial charge < -0.3 is 10.6 Å². The number of amides is 1. The predicted octanol–water partition coefficient (Wildman–Crippen LogP) is 3.28. The maximum atomic E-state index is 12.6. The number of nitrogen functional groups attached to an aromatic ring is 1. The van der Waals surface area contributed by atoms with Crippen LogP contribution in [0.4, 0.5) is 11.4 Å². The van der Waals surface area contributed by atoms with E-state index in [1.54, 1.807) is 11.8 Å². The van der Waals surface area contributed by atoms with Gasteiger partial charge in [0.05, 0.1) is 10.4 Å². The van der Waals surface area contributed by atoms with Crippen LogP contribution in [-0.2, 0) is 4.79 Å². The first kappa shape index (κ1) is 13.3. The van der Waals surface area contributed by atoms with E-state index in [-0.39, 0.29) is 16.7 Å². The van der Waals surface area contributed by atoms with Crippen LogP contribution in [0.25, 0.3) is 0 Å². The van der Waals surface area contributed by atoms with Crippen LogP contribution >= 0.6 is 11.8 Å². The van der Waals surface area contributed by atoms with Gasteiger partial charge in [0.15, 0.2) is 0 Å². The van der Waals surface area contributed by atoms with Crippen LogP contribution in [0.3, 0.4) is 0 Å². The van der Waals surface area contributed by atoms with Gasteiger partial charge in [-0.25, -0.2) is 0 Å². The molecular formula is C14H20N2OS. The molecule has 0 saturated heterocycles. The number of nitrogens with zero attached hydrogens (tertiary/aromatic N) is 1. The zero-order chi connectivity index (χ0) is 13.5. The van der Waals surface area contributed by atoms with Gasteiger partial charge in [-0.3, -0.25) is 4.79 Å². The molecule has 1 aliphatic heterocycles. The molecule has 18 heavy (non-hydrogen) atoms. The van der Waals surface area contributed by atoms with Crippen LogP contribution in [0.2, 0.25) is 0 Å². The van der Waals surface area contributed by atoms with Crippen LogP contribution in [0, 0.1) is 0 Å². The summed E-state index contributed by atoms with van der Waals surface area (Å²) in [6.07, 6.45) is 0.813. The summed E-state index contributed by atoms with van der Waals surface area (Å²) in [5, 5.41) is 0. The molecule has 1 aliphatic rings. The fraction of sp³-hybridized carbons (Fsp3) is 0.500. The topological polar surface area (TPSA) is 46.3 Å². The molecule has 2 rings (SSSR count). The summed E-state index contributed by atoms with van der Waals surface area (Å²) >= 11 is 1.63. The van der Waals surface area contributed by atoms with E-state index in [4.69, 9.17) is 5.73 Å². The maximum absolute atomic E-state index is 12.6. The molecule has 1 unspecified atom stereocenters. The highest BCUT2D eigenvalue weighted by molar-refractivity contribution is 8.01. The number of carbonyl (C=O) groups excluding carboxylic acids is 1. The van der Waals surface area contributed by atoms with Gasteiger partial charge >= 0.3 is 0 Å². The minimum atomic E-state index is -0.384.